The minimum atomic E-state index is 0.0712. The van der Waals surface area contributed by atoms with Gasteiger partial charge in [0, 0.05) is 17.6 Å². The predicted molar refractivity (Wildman–Crippen MR) is 76.8 cm³/mol. The molecule has 0 bridgehead atoms. The van der Waals surface area contributed by atoms with E-state index in [1.165, 1.54) is 0 Å². The number of aryl methyl sites for hydroxylation is 1. The van der Waals surface area contributed by atoms with Gasteiger partial charge in [-0.2, -0.15) is 5.10 Å². The summed E-state index contributed by atoms with van der Waals surface area (Å²) in [6.45, 7) is 4.80. The maximum Gasteiger partial charge on any atom is 0.165 e. The van der Waals surface area contributed by atoms with E-state index in [0.717, 1.165) is 24.3 Å². The fourth-order valence-corrected chi connectivity index (χ4v) is 2.00. The van der Waals surface area contributed by atoms with E-state index in [-0.39, 0.29) is 6.04 Å². The van der Waals surface area contributed by atoms with Crippen LogP contribution in [-0.4, -0.2) is 15.8 Å². The first-order valence-corrected chi connectivity index (χ1v) is 6.70. The molecule has 0 fully saturated rings. The summed E-state index contributed by atoms with van der Waals surface area (Å²) in [5.41, 5.74) is 6.89. The maximum atomic E-state index is 6.02. The van der Waals surface area contributed by atoms with E-state index in [9.17, 15) is 0 Å². The highest BCUT2D eigenvalue weighted by atomic mass is 35.5. The maximum absolute atomic E-state index is 6.02. The summed E-state index contributed by atoms with van der Waals surface area (Å²) in [7, 11) is 0. The zero-order chi connectivity index (χ0) is 13.8. The Balaban J connectivity index is 2.24. The molecule has 0 aliphatic rings. The monoisotopic (exact) mass is 279 g/mol. The molecule has 1 aromatic carbocycles. The molecule has 0 saturated carbocycles. The molecule has 1 aromatic heterocycles. The number of nitrogens with two attached hydrogens (primary N) is 1. The quantitative estimate of drug-likeness (QED) is 0.914. The van der Waals surface area contributed by atoms with Crippen molar-refractivity contribution < 1.29 is 4.74 Å². The summed E-state index contributed by atoms with van der Waals surface area (Å²) in [4.78, 5) is 0. The van der Waals surface area contributed by atoms with Crippen LogP contribution >= 0.6 is 11.6 Å². The van der Waals surface area contributed by atoms with Crippen LogP contribution in [0, 0.1) is 0 Å². The highest BCUT2D eigenvalue weighted by Crippen LogP contribution is 2.29. The van der Waals surface area contributed by atoms with E-state index in [4.69, 9.17) is 22.1 Å². The molecule has 102 valence electrons. The first-order valence-electron chi connectivity index (χ1n) is 6.32. The van der Waals surface area contributed by atoms with E-state index in [1.54, 1.807) is 6.20 Å². The SMILES string of the molecule is CCn1cc(Oc2cc(Cl)ccc2CC(C)N)cn1. The van der Waals surface area contributed by atoms with E-state index < -0.39 is 0 Å². The highest BCUT2D eigenvalue weighted by Gasteiger charge is 2.09. The van der Waals surface area contributed by atoms with Crippen molar-refractivity contribution in [3.05, 3.63) is 41.2 Å². The highest BCUT2D eigenvalue weighted by molar-refractivity contribution is 6.30. The standard InChI is InChI=1S/C14H18ClN3O/c1-3-18-9-13(8-17-18)19-14-7-12(15)5-4-11(14)6-10(2)16/h4-5,7-10H,3,6,16H2,1-2H3. The summed E-state index contributed by atoms with van der Waals surface area (Å²) >= 11 is 6.02. The Morgan fingerprint density at radius 2 is 2.26 bits per heavy atom. The Morgan fingerprint density at radius 1 is 1.47 bits per heavy atom. The summed E-state index contributed by atoms with van der Waals surface area (Å²) in [6, 6.07) is 5.68. The van der Waals surface area contributed by atoms with Gasteiger partial charge in [0.25, 0.3) is 0 Å². The third-order valence-corrected chi connectivity index (χ3v) is 2.97. The lowest BCUT2D eigenvalue weighted by atomic mass is 10.1. The third-order valence-electron chi connectivity index (χ3n) is 2.73. The molecule has 0 aliphatic heterocycles. The molecule has 0 amide bonds. The van der Waals surface area contributed by atoms with Crippen LogP contribution < -0.4 is 10.5 Å². The van der Waals surface area contributed by atoms with Crippen LogP contribution in [0.2, 0.25) is 5.02 Å². The van der Waals surface area contributed by atoms with Gasteiger partial charge in [0.05, 0.1) is 12.4 Å². The molecule has 1 unspecified atom stereocenters. The number of hydrogen-bond donors (Lipinski definition) is 1. The van der Waals surface area contributed by atoms with Crippen molar-refractivity contribution in [3.63, 3.8) is 0 Å². The molecule has 0 radical (unpaired) electrons. The first kappa shape index (κ1) is 13.9. The molecule has 2 rings (SSSR count). The van der Waals surface area contributed by atoms with Crippen molar-refractivity contribution in [2.24, 2.45) is 5.73 Å². The van der Waals surface area contributed by atoms with Crippen LogP contribution in [0.4, 0.5) is 0 Å². The van der Waals surface area contributed by atoms with Crippen LogP contribution in [0.1, 0.15) is 19.4 Å². The molecule has 4 nitrogen and oxygen atoms in total. The topological polar surface area (TPSA) is 53.1 Å². The van der Waals surface area contributed by atoms with E-state index >= 15 is 0 Å². The molecule has 2 N–H and O–H groups in total. The van der Waals surface area contributed by atoms with Crippen molar-refractivity contribution >= 4 is 11.6 Å². The van der Waals surface area contributed by atoms with Crippen molar-refractivity contribution in [3.8, 4) is 11.5 Å². The normalized spacial score (nSPS) is 12.4. The lowest BCUT2D eigenvalue weighted by Gasteiger charge is -2.12. The van der Waals surface area contributed by atoms with Crippen molar-refractivity contribution in [1.82, 2.24) is 9.78 Å². The largest absolute Gasteiger partial charge is 0.454 e. The molecule has 19 heavy (non-hydrogen) atoms. The second kappa shape index (κ2) is 6.08. The fraction of sp³-hybridized carbons (Fsp3) is 0.357. The molecule has 5 heteroatoms. The summed E-state index contributed by atoms with van der Waals surface area (Å²) in [5.74, 6) is 1.44. The Kier molecular flexibility index (Phi) is 4.45. The fourth-order valence-electron chi connectivity index (χ4n) is 1.84. The number of ether oxygens (including phenoxy) is 1. The van der Waals surface area contributed by atoms with Crippen LogP contribution in [0.5, 0.6) is 11.5 Å². The smallest absolute Gasteiger partial charge is 0.165 e. The zero-order valence-electron chi connectivity index (χ0n) is 11.1. The Labute approximate surface area is 118 Å². The van der Waals surface area contributed by atoms with Gasteiger partial charge in [-0.1, -0.05) is 17.7 Å². The lowest BCUT2D eigenvalue weighted by Crippen LogP contribution is -2.18. The minimum absolute atomic E-state index is 0.0712. The lowest BCUT2D eigenvalue weighted by molar-refractivity contribution is 0.472. The molecule has 2 aromatic rings. The summed E-state index contributed by atoms with van der Waals surface area (Å²) in [6.07, 6.45) is 4.30. The number of nitrogens with zero attached hydrogens (tertiary/aromatic N) is 2. The van der Waals surface area contributed by atoms with Gasteiger partial charge in [0.15, 0.2) is 5.75 Å². The molecule has 1 atom stereocenters. The number of halogens is 1. The zero-order valence-corrected chi connectivity index (χ0v) is 11.9. The number of hydrogen-bond acceptors (Lipinski definition) is 3. The summed E-state index contributed by atoms with van der Waals surface area (Å²) < 4.78 is 7.66. The van der Waals surface area contributed by atoms with E-state index in [1.807, 2.05) is 42.9 Å². The number of rotatable bonds is 5. The van der Waals surface area contributed by atoms with Crippen LogP contribution in [0.25, 0.3) is 0 Å². The van der Waals surface area contributed by atoms with Gasteiger partial charge in [-0.05, 0) is 38.0 Å². The molecule has 0 saturated heterocycles. The minimum Gasteiger partial charge on any atom is -0.454 e. The third kappa shape index (κ3) is 3.72. The number of aromatic nitrogens is 2. The first-order chi connectivity index (χ1) is 9.08. The van der Waals surface area contributed by atoms with Crippen LogP contribution in [0.15, 0.2) is 30.6 Å². The van der Waals surface area contributed by atoms with E-state index in [2.05, 4.69) is 5.10 Å². The summed E-state index contributed by atoms with van der Waals surface area (Å²) in [5, 5.41) is 4.82. The van der Waals surface area contributed by atoms with Gasteiger partial charge in [-0.3, -0.25) is 4.68 Å². The van der Waals surface area contributed by atoms with Crippen LogP contribution in [-0.2, 0) is 13.0 Å². The van der Waals surface area contributed by atoms with Gasteiger partial charge in [-0.25, -0.2) is 0 Å². The Morgan fingerprint density at radius 3 is 2.89 bits per heavy atom. The molecular formula is C14H18ClN3O. The van der Waals surface area contributed by atoms with Gasteiger partial charge < -0.3 is 10.5 Å². The average molecular weight is 280 g/mol. The van der Waals surface area contributed by atoms with E-state index in [0.29, 0.717) is 10.8 Å². The van der Waals surface area contributed by atoms with Crippen molar-refractivity contribution in [2.45, 2.75) is 32.9 Å². The molecular weight excluding hydrogens is 262 g/mol. The van der Waals surface area contributed by atoms with Crippen LogP contribution in [0.3, 0.4) is 0 Å². The molecule has 0 spiro atoms. The number of benzene rings is 1. The van der Waals surface area contributed by atoms with Gasteiger partial charge in [0.2, 0.25) is 0 Å². The average Bonchev–Trinajstić information content (AvgIpc) is 2.80. The van der Waals surface area contributed by atoms with Gasteiger partial charge >= 0.3 is 0 Å². The molecule has 0 aliphatic carbocycles. The molecule has 1 heterocycles. The van der Waals surface area contributed by atoms with Gasteiger partial charge in [-0.15, -0.1) is 0 Å². The second-order valence-corrected chi connectivity index (χ2v) is 5.00. The predicted octanol–water partition coefficient (Wildman–Crippen LogP) is 3.24. The Hall–Kier alpha value is -1.52. The van der Waals surface area contributed by atoms with Crippen molar-refractivity contribution in [1.29, 1.82) is 0 Å². The second-order valence-electron chi connectivity index (χ2n) is 4.57. The Bertz CT molecular complexity index is 551. The van der Waals surface area contributed by atoms with Gasteiger partial charge in [0.1, 0.15) is 5.75 Å². The van der Waals surface area contributed by atoms with Crippen molar-refractivity contribution in [2.75, 3.05) is 0 Å².